The summed E-state index contributed by atoms with van der Waals surface area (Å²) in [5, 5.41) is 0. The summed E-state index contributed by atoms with van der Waals surface area (Å²) in [5.74, 6) is -0.815. The molecule has 0 saturated carbocycles. The summed E-state index contributed by atoms with van der Waals surface area (Å²) < 4.78 is 34.8. The van der Waals surface area contributed by atoms with Gasteiger partial charge < -0.3 is 18.9 Å². The van der Waals surface area contributed by atoms with Gasteiger partial charge in [0.05, 0.1) is 27.7 Å². The van der Waals surface area contributed by atoms with E-state index in [2.05, 4.69) is 220 Å². The molecule has 0 saturated heterocycles. The lowest BCUT2D eigenvalue weighted by molar-refractivity contribution is -0.870. The molecule has 0 aliphatic heterocycles. The van der Waals surface area contributed by atoms with Crippen LogP contribution in [0, 0.1) is 0 Å². The molecular formula is C88H143NO8P+. The highest BCUT2D eigenvalue weighted by Crippen LogP contribution is 2.43. The predicted octanol–water partition coefficient (Wildman–Crippen LogP) is 26.2. The Hall–Kier alpha value is -5.41. The molecule has 0 aliphatic rings. The number of ether oxygens (including phenoxy) is 2. The van der Waals surface area contributed by atoms with Crippen LogP contribution in [0.5, 0.6) is 0 Å². The quantitative estimate of drug-likeness (QED) is 0.0211. The van der Waals surface area contributed by atoms with Gasteiger partial charge in [-0.2, -0.15) is 0 Å². The van der Waals surface area contributed by atoms with Crippen molar-refractivity contribution < 1.29 is 42.1 Å². The highest BCUT2D eigenvalue weighted by molar-refractivity contribution is 7.47. The summed E-state index contributed by atoms with van der Waals surface area (Å²) in [4.78, 5) is 36.0. The topological polar surface area (TPSA) is 108 Å². The smallest absolute Gasteiger partial charge is 0.462 e. The first kappa shape index (κ1) is 92.6. The first-order valence-corrected chi connectivity index (χ1v) is 40.3. The molecule has 2 atom stereocenters. The molecule has 0 aromatic carbocycles. The maximum absolute atomic E-state index is 12.9. The molecule has 0 radical (unpaired) electrons. The highest BCUT2D eigenvalue weighted by Gasteiger charge is 2.27. The summed E-state index contributed by atoms with van der Waals surface area (Å²) >= 11 is 0. The average molecular weight is 1370 g/mol. The summed E-state index contributed by atoms with van der Waals surface area (Å²) in [6.07, 6.45) is 119. The van der Waals surface area contributed by atoms with Gasteiger partial charge in [-0.1, -0.05) is 330 Å². The zero-order valence-corrected chi connectivity index (χ0v) is 63.8. The molecule has 0 aromatic rings. The molecule has 0 amide bonds. The minimum Gasteiger partial charge on any atom is -0.462 e. The monoisotopic (exact) mass is 1370 g/mol. The van der Waals surface area contributed by atoms with Crippen molar-refractivity contribution in [1.29, 1.82) is 0 Å². The molecule has 98 heavy (non-hydrogen) atoms. The fourth-order valence-corrected chi connectivity index (χ4v) is 10.7. The minimum absolute atomic E-state index is 0.0206. The van der Waals surface area contributed by atoms with Crippen molar-refractivity contribution in [1.82, 2.24) is 0 Å². The summed E-state index contributed by atoms with van der Waals surface area (Å²) in [6, 6.07) is 0. The first-order chi connectivity index (χ1) is 48.0. The molecule has 0 heterocycles. The molecule has 552 valence electrons. The second-order valence-electron chi connectivity index (χ2n) is 26.3. The maximum Gasteiger partial charge on any atom is 0.472 e. The fourth-order valence-electron chi connectivity index (χ4n) is 9.97. The van der Waals surface area contributed by atoms with Gasteiger partial charge in [-0.05, 0) is 148 Å². The molecule has 2 unspecified atom stereocenters. The SMILES string of the molecule is CC/C=C\C/C=C\C/C=C\C/C=C\C/C=C\C/C=C\C/C=C\C/C=C\C/C=C\CCCCCCCCCCCCCC(=O)OC(COC(=O)CCCCCCCCCCCC/C=C\C/C=C\C/C=C\C/C=C\C/C=C\C/C=C\C/C=C\C/C=C\CC)COP(=O)(O)OCC[N+](C)(C)C. The van der Waals surface area contributed by atoms with Crippen LogP contribution < -0.4 is 0 Å². The molecule has 0 aromatic heterocycles. The van der Waals surface area contributed by atoms with Crippen LogP contribution in [-0.2, 0) is 32.7 Å². The number of phosphoric acid groups is 1. The Bertz CT molecular complexity index is 2410. The van der Waals surface area contributed by atoms with Crippen LogP contribution in [0.25, 0.3) is 0 Å². The van der Waals surface area contributed by atoms with E-state index in [1.165, 1.54) is 83.5 Å². The van der Waals surface area contributed by atoms with Crippen molar-refractivity contribution in [2.45, 2.75) is 290 Å². The number of hydrogen-bond acceptors (Lipinski definition) is 7. The third-order valence-corrected chi connectivity index (χ3v) is 16.8. The number of esters is 2. The van der Waals surface area contributed by atoms with Crippen molar-refractivity contribution in [2.24, 2.45) is 0 Å². The van der Waals surface area contributed by atoms with Crippen LogP contribution in [0.15, 0.2) is 207 Å². The Morgan fingerprint density at radius 3 is 0.816 bits per heavy atom. The second-order valence-corrected chi connectivity index (χ2v) is 27.7. The van der Waals surface area contributed by atoms with Gasteiger partial charge in [0.25, 0.3) is 0 Å². The number of unbranched alkanes of at least 4 members (excludes halogenated alkanes) is 21. The van der Waals surface area contributed by atoms with Crippen molar-refractivity contribution >= 4 is 19.8 Å². The fraction of sp³-hybridized carbons (Fsp3) is 0.591. The van der Waals surface area contributed by atoms with E-state index in [9.17, 15) is 19.0 Å². The number of quaternary nitrogens is 1. The molecule has 0 spiro atoms. The predicted molar refractivity (Wildman–Crippen MR) is 426 cm³/mol. The second kappa shape index (κ2) is 75.8. The highest BCUT2D eigenvalue weighted by atomic mass is 31.2. The van der Waals surface area contributed by atoms with Crippen LogP contribution in [-0.4, -0.2) is 74.9 Å². The van der Waals surface area contributed by atoms with Gasteiger partial charge in [-0.3, -0.25) is 18.6 Å². The van der Waals surface area contributed by atoms with Gasteiger partial charge in [-0.15, -0.1) is 0 Å². The molecule has 0 rings (SSSR count). The van der Waals surface area contributed by atoms with Crippen LogP contribution in [0.2, 0.25) is 0 Å². The number of allylic oxidation sites excluding steroid dienone is 34. The van der Waals surface area contributed by atoms with E-state index in [1.807, 2.05) is 21.1 Å². The van der Waals surface area contributed by atoms with E-state index in [0.717, 1.165) is 167 Å². The molecule has 9 nitrogen and oxygen atoms in total. The number of hydrogen-bond donors (Lipinski definition) is 1. The van der Waals surface area contributed by atoms with Crippen molar-refractivity contribution in [3.63, 3.8) is 0 Å². The Kier molecular flexibility index (Phi) is 71.6. The van der Waals surface area contributed by atoms with Gasteiger partial charge in [0.2, 0.25) is 0 Å². The van der Waals surface area contributed by atoms with E-state index in [-0.39, 0.29) is 32.0 Å². The molecule has 1 N–H and O–H groups in total. The van der Waals surface area contributed by atoms with E-state index < -0.39 is 26.5 Å². The van der Waals surface area contributed by atoms with Crippen LogP contribution in [0.1, 0.15) is 284 Å². The third kappa shape index (κ3) is 79.6. The Morgan fingerprint density at radius 2 is 0.551 bits per heavy atom. The lowest BCUT2D eigenvalue weighted by Crippen LogP contribution is -2.37. The number of rotatable bonds is 69. The van der Waals surface area contributed by atoms with Gasteiger partial charge in [0, 0.05) is 12.8 Å². The van der Waals surface area contributed by atoms with E-state index in [0.29, 0.717) is 17.4 Å². The van der Waals surface area contributed by atoms with Crippen molar-refractivity contribution in [3.8, 4) is 0 Å². The zero-order valence-electron chi connectivity index (χ0n) is 62.9. The van der Waals surface area contributed by atoms with Crippen molar-refractivity contribution in [2.75, 3.05) is 47.5 Å². The Balaban J connectivity index is 4.10. The Labute approximate surface area is 602 Å². The third-order valence-electron chi connectivity index (χ3n) is 15.8. The van der Waals surface area contributed by atoms with Crippen LogP contribution in [0.4, 0.5) is 0 Å². The Morgan fingerprint density at radius 1 is 0.316 bits per heavy atom. The molecule has 0 bridgehead atoms. The molecule has 0 fully saturated rings. The summed E-state index contributed by atoms with van der Waals surface area (Å²) in [5.41, 5.74) is 0. The molecule has 0 aliphatic carbocycles. The lowest BCUT2D eigenvalue weighted by Gasteiger charge is -2.24. The number of nitrogens with zero attached hydrogens (tertiary/aromatic N) is 1. The van der Waals surface area contributed by atoms with Gasteiger partial charge in [0.15, 0.2) is 6.10 Å². The van der Waals surface area contributed by atoms with Crippen LogP contribution in [0.3, 0.4) is 0 Å². The minimum atomic E-state index is -4.41. The van der Waals surface area contributed by atoms with Gasteiger partial charge in [-0.25, -0.2) is 4.57 Å². The summed E-state index contributed by atoms with van der Waals surface area (Å²) in [6.45, 7) is 4.19. The van der Waals surface area contributed by atoms with E-state index >= 15 is 0 Å². The van der Waals surface area contributed by atoms with Crippen molar-refractivity contribution in [3.05, 3.63) is 207 Å². The summed E-state index contributed by atoms with van der Waals surface area (Å²) in [7, 11) is 1.45. The van der Waals surface area contributed by atoms with Gasteiger partial charge >= 0.3 is 19.8 Å². The van der Waals surface area contributed by atoms with Gasteiger partial charge in [0.1, 0.15) is 19.8 Å². The lowest BCUT2D eigenvalue weighted by atomic mass is 10.0. The normalized spacial score (nSPS) is 14.2. The average Bonchev–Trinajstić information content (AvgIpc) is 1.23. The first-order valence-electron chi connectivity index (χ1n) is 38.8. The van der Waals surface area contributed by atoms with Crippen LogP contribution >= 0.6 is 7.82 Å². The zero-order chi connectivity index (χ0) is 71.1. The standard InChI is InChI=1S/C88H142NO8P/c1-6-8-10-12-14-16-18-20-22-24-26-28-30-32-34-36-38-40-42-43-44-45-47-49-51-53-55-57-59-61-63-65-67-69-71-73-75-77-79-81-88(91)97-86(85-96-98(92,93)95-83-82-89(3,4)5)84-94-87(90)80-78-76-74-72-70-68-66-64-62-60-58-56-54-52-50-48-46-41-39-37-35-33-31-29-27-25-23-21-19-17-15-13-11-9-7-2/h8-11,14-17,20-23,26-29,32-35,38-41,43-44,47-50,53-56,86H,6-7,12-13,18-19,24-25,30-31,36-37,42,45-46,51-52,57-85H2,1-5H3/p+1/b10-8-,11-9-,16-14-,17-15-,22-20-,23-21-,28-26-,29-27-,34-32-,35-33-,40-38-,41-39-,44-43-,49-47-,50-48-,55-53-,56-54-. The van der Waals surface area contributed by atoms with E-state index in [4.69, 9.17) is 18.5 Å². The molecular weight excluding hydrogens is 1230 g/mol. The maximum atomic E-state index is 12.9. The largest absolute Gasteiger partial charge is 0.472 e. The number of carbonyl (C=O) groups is 2. The van der Waals surface area contributed by atoms with E-state index in [1.54, 1.807) is 0 Å². The number of phosphoric ester groups is 1. The number of carbonyl (C=O) groups excluding carboxylic acids is 2. The molecule has 10 heteroatoms. The number of likely N-dealkylation sites (N-methyl/N-ethyl adjacent to an activating group) is 1.